The van der Waals surface area contributed by atoms with E-state index in [0.717, 1.165) is 36.3 Å². The smallest absolute Gasteiger partial charge is 0.238 e. The second-order valence-electron chi connectivity index (χ2n) is 8.44. The van der Waals surface area contributed by atoms with Crippen molar-refractivity contribution in [2.75, 3.05) is 12.5 Å². The van der Waals surface area contributed by atoms with Crippen LogP contribution >= 0.6 is 23.5 Å². The molecule has 0 unspecified atom stereocenters. The van der Waals surface area contributed by atoms with Crippen LogP contribution in [0.15, 0.2) is 16.2 Å². The summed E-state index contributed by atoms with van der Waals surface area (Å²) in [5.41, 5.74) is 1.35. The van der Waals surface area contributed by atoms with Gasteiger partial charge < -0.3 is 0 Å². The Morgan fingerprint density at radius 1 is 1.04 bits per heavy atom. The van der Waals surface area contributed by atoms with E-state index >= 15 is 0 Å². The summed E-state index contributed by atoms with van der Waals surface area (Å²) < 4.78 is 0. The van der Waals surface area contributed by atoms with Crippen LogP contribution in [-0.2, 0) is 0 Å². The summed E-state index contributed by atoms with van der Waals surface area (Å²) in [6.45, 7) is 4.66. The molecular weight excluding hydrogens is 360 g/mol. The van der Waals surface area contributed by atoms with Gasteiger partial charge in [0.25, 0.3) is 5.54 Å². The first-order valence-electron chi connectivity index (χ1n) is 9.49. The van der Waals surface area contributed by atoms with Crippen LogP contribution < -0.4 is 0 Å². The first-order valence-corrected chi connectivity index (χ1v) is 11.9. The van der Waals surface area contributed by atoms with E-state index in [1.807, 2.05) is 16.8 Å². The van der Waals surface area contributed by atoms with Crippen molar-refractivity contribution in [1.82, 2.24) is 5.01 Å². The fraction of sp³-hybridized carbons (Fsp3) is 0.750. The van der Waals surface area contributed by atoms with Crippen molar-refractivity contribution in [2.45, 2.75) is 62.8 Å². The number of thioether (sulfide) groups is 2. The van der Waals surface area contributed by atoms with Crippen LogP contribution in [0.5, 0.6) is 0 Å². The molecule has 0 bridgehead atoms. The van der Waals surface area contributed by atoms with Gasteiger partial charge in [-0.2, -0.15) is 15.6 Å². The zero-order valence-corrected chi connectivity index (χ0v) is 17.6. The van der Waals surface area contributed by atoms with E-state index < -0.39 is 5.54 Å². The zero-order valence-electron chi connectivity index (χ0n) is 16.0. The quantitative estimate of drug-likeness (QED) is 0.608. The molecule has 138 valence electrons. The number of fused-ring (bicyclic) bond motifs is 4. The third kappa shape index (κ3) is 1.96. The van der Waals surface area contributed by atoms with Crippen molar-refractivity contribution in [3.05, 3.63) is 11.1 Å². The lowest BCUT2D eigenvalue weighted by atomic mass is 9.83. The molecule has 0 saturated heterocycles. The van der Waals surface area contributed by atoms with E-state index in [1.54, 1.807) is 11.8 Å². The van der Waals surface area contributed by atoms with E-state index in [4.69, 9.17) is 5.10 Å². The van der Waals surface area contributed by atoms with Gasteiger partial charge >= 0.3 is 0 Å². The van der Waals surface area contributed by atoms with Crippen LogP contribution in [0.4, 0.5) is 0 Å². The van der Waals surface area contributed by atoms with Gasteiger partial charge in [0.1, 0.15) is 17.0 Å². The Morgan fingerprint density at radius 3 is 2.19 bits per heavy atom. The average molecular weight is 387 g/mol. The highest BCUT2D eigenvalue weighted by Crippen LogP contribution is 2.75. The van der Waals surface area contributed by atoms with Gasteiger partial charge in [0, 0.05) is 11.8 Å². The summed E-state index contributed by atoms with van der Waals surface area (Å²) in [5, 5.41) is 28.5. The molecule has 2 heterocycles. The number of hydrazone groups is 1. The maximum Gasteiger partial charge on any atom is 0.253 e. The predicted molar refractivity (Wildman–Crippen MR) is 108 cm³/mol. The van der Waals surface area contributed by atoms with E-state index in [9.17, 15) is 10.5 Å². The van der Waals surface area contributed by atoms with Crippen LogP contribution in [0.1, 0.15) is 52.4 Å². The molecule has 2 aliphatic heterocycles. The minimum atomic E-state index is -1.24. The third-order valence-electron chi connectivity index (χ3n) is 7.03. The maximum absolute atomic E-state index is 10.2. The standard InChI is InChI=1S/C20H26N4S2/c1-18(2)15-16(18)20(26-4)14-10-8-6-5-7-9-13(14)19(11-21,12-22)24(20)23-17(15)25-3/h15-16H,5-10H2,1-4H3/t15-,16-,20+/m0/s1. The van der Waals surface area contributed by atoms with Crippen LogP contribution in [0.3, 0.4) is 0 Å². The summed E-state index contributed by atoms with van der Waals surface area (Å²) in [5.74, 6) is 0.853. The molecule has 6 heteroatoms. The Hall–Kier alpha value is -1.11. The maximum atomic E-state index is 10.2. The first-order chi connectivity index (χ1) is 12.5. The highest BCUT2D eigenvalue weighted by atomic mass is 32.2. The fourth-order valence-corrected chi connectivity index (χ4v) is 8.15. The lowest BCUT2D eigenvalue weighted by Crippen LogP contribution is -2.54. The Kier molecular flexibility index (Phi) is 4.18. The van der Waals surface area contributed by atoms with Crippen LogP contribution in [0, 0.1) is 39.9 Å². The van der Waals surface area contributed by atoms with Gasteiger partial charge in [-0.05, 0) is 54.8 Å². The summed E-state index contributed by atoms with van der Waals surface area (Å²) in [4.78, 5) is -0.328. The molecule has 0 radical (unpaired) electrons. The van der Waals surface area contributed by atoms with E-state index in [0.29, 0.717) is 11.8 Å². The molecule has 0 amide bonds. The van der Waals surface area contributed by atoms with Gasteiger partial charge in [-0.1, -0.05) is 26.7 Å². The minimum absolute atomic E-state index is 0.154. The molecule has 1 saturated carbocycles. The van der Waals surface area contributed by atoms with Gasteiger partial charge in [-0.15, -0.1) is 23.5 Å². The molecule has 26 heavy (non-hydrogen) atoms. The van der Waals surface area contributed by atoms with E-state index in [2.05, 4.69) is 38.5 Å². The minimum Gasteiger partial charge on any atom is -0.238 e. The fourth-order valence-electron chi connectivity index (χ4n) is 5.78. The Labute approximate surface area is 165 Å². The molecule has 0 aromatic carbocycles. The predicted octanol–water partition coefficient (Wildman–Crippen LogP) is 4.76. The SMILES string of the molecule is CSC1=NN2C(C#N)(C#N)C3=C(CCCCCC3)[C@@]2(SC)[C@H]2[C@@H]1C2(C)C. The van der Waals surface area contributed by atoms with Gasteiger partial charge in [-0.3, -0.25) is 0 Å². The zero-order chi connectivity index (χ0) is 18.7. The lowest BCUT2D eigenvalue weighted by Gasteiger charge is -2.44. The number of nitriles is 2. The molecule has 2 aliphatic carbocycles. The Balaban J connectivity index is 2.00. The number of hydrogen-bond donors (Lipinski definition) is 0. The van der Waals surface area contributed by atoms with Crippen molar-refractivity contribution in [1.29, 1.82) is 10.5 Å². The van der Waals surface area contributed by atoms with Gasteiger partial charge in [0.05, 0.1) is 5.04 Å². The van der Waals surface area contributed by atoms with Crippen molar-refractivity contribution in [3.8, 4) is 12.1 Å². The van der Waals surface area contributed by atoms with E-state index in [1.165, 1.54) is 18.4 Å². The number of hydrogen-bond acceptors (Lipinski definition) is 6. The monoisotopic (exact) mass is 386 g/mol. The molecule has 4 aliphatic rings. The molecular formula is C20H26N4S2. The topological polar surface area (TPSA) is 63.2 Å². The van der Waals surface area contributed by atoms with E-state index in [-0.39, 0.29) is 10.3 Å². The number of nitrogens with zero attached hydrogens (tertiary/aromatic N) is 4. The van der Waals surface area contributed by atoms with Crippen LogP contribution in [0.25, 0.3) is 0 Å². The van der Waals surface area contributed by atoms with Crippen molar-refractivity contribution in [2.24, 2.45) is 22.4 Å². The molecule has 0 aromatic rings. The molecule has 0 N–H and O–H groups in total. The number of rotatable bonds is 1. The van der Waals surface area contributed by atoms with Crippen molar-refractivity contribution < 1.29 is 0 Å². The van der Waals surface area contributed by atoms with Gasteiger partial charge in [0.2, 0.25) is 0 Å². The molecule has 0 aromatic heterocycles. The van der Waals surface area contributed by atoms with Gasteiger partial charge in [-0.25, -0.2) is 5.01 Å². The molecule has 1 fully saturated rings. The normalized spacial score (nSPS) is 36.5. The highest BCUT2D eigenvalue weighted by molar-refractivity contribution is 8.13. The molecule has 3 atom stereocenters. The summed E-state index contributed by atoms with van der Waals surface area (Å²) in [6.07, 6.45) is 10.7. The Morgan fingerprint density at radius 2 is 1.65 bits per heavy atom. The largest absolute Gasteiger partial charge is 0.253 e. The third-order valence-corrected chi connectivity index (χ3v) is 9.08. The van der Waals surface area contributed by atoms with Crippen molar-refractivity contribution >= 4 is 28.6 Å². The van der Waals surface area contributed by atoms with Crippen LogP contribution in [-0.4, -0.2) is 33.0 Å². The average Bonchev–Trinajstić information content (AvgIpc) is 3.12. The molecule has 4 nitrogen and oxygen atoms in total. The molecule has 0 spiro atoms. The summed E-state index contributed by atoms with van der Waals surface area (Å²) in [7, 11) is 0. The Bertz CT molecular complexity index is 771. The molecule has 4 rings (SSSR count). The van der Waals surface area contributed by atoms with Crippen LogP contribution in [0.2, 0.25) is 0 Å². The lowest BCUT2D eigenvalue weighted by molar-refractivity contribution is 0.137. The van der Waals surface area contributed by atoms with Crippen molar-refractivity contribution in [3.63, 3.8) is 0 Å². The second kappa shape index (κ2) is 5.94. The van der Waals surface area contributed by atoms with Gasteiger partial charge in [0.15, 0.2) is 0 Å². The highest BCUT2D eigenvalue weighted by Gasteiger charge is 2.78. The first kappa shape index (κ1) is 18.3. The summed E-state index contributed by atoms with van der Waals surface area (Å²) >= 11 is 3.49. The summed E-state index contributed by atoms with van der Waals surface area (Å²) in [6, 6.07) is 4.84. The second-order valence-corrected chi connectivity index (χ2v) is 10.3.